The Bertz CT molecular complexity index is 826. The number of hydrogen-bond acceptors (Lipinski definition) is 5. The van der Waals surface area contributed by atoms with Crippen LogP contribution in [0.3, 0.4) is 0 Å². The van der Waals surface area contributed by atoms with E-state index in [1.54, 1.807) is 35.5 Å². The number of nitrogens with two attached hydrogens (primary N) is 1. The lowest BCUT2D eigenvalue weighted by Crippen LogP contribution is -2.44. The molecule has 8 heteroatoms. The molecule has 25 heavy (non-hydrogen) atoms. The second kappa shape index (κ2) is 7.25. The molecule has 1 aliphatic rings. The second-order valence-electron chi connectivity index (χ2n) is 6.01. The molecule has 1 aliphatic heterocycles. The summed E-state index contributed by atoms with van der Waals surface area (Å²) in [6, 6.07) is 6.59. The van der Waals surface area contributed by atoms with Gasteiger partial charge in [0.15, 0.2) is 0 Å². The summed E-state index contributed by atoms with van der Waals surface area (Å²) in [7, 11) is 0. The molecule has 2 aromatic rings. The van der Waals surface area contributed by atoms with Crippen LogP contribution in [-0.2, 0) is 16.1 Å². The number of piperidine rings is 1. The first-order chi connectivity index (χ1) is 12.0. The molecule has 3 rings (SSSR count). The zero-order chi connectivity index (χ0) is 17.8. The highest BCUT2D eigenvalue weighted by atomic mass is 16.2. The summed E-state index contributed by atoms with van der Waals surface area (Å²) in [5.41, 5.74) is 6.38. The average Bonchev–Trinajstić information content (AvgIpc) is 2.64. The van der Waals surface area contributed by atoms with Crippen molar-refractivity contribution in [2.45, 2.75) is 19.4 Å². The van der Waals surface area contributed by atoms with E-state index in [-0.39, 0.29) is 29.8 Å². The van der Waals surface area contributed by atoms with Crippen LogP contribution in [0.25, 0.3) is 11.3 Å². The number of aromatic nitrogens is 3. The molecule has 0 radical (unpaired) electrons. The van der Waals surface area contributed by atoms with Gasteiger partial charge in [0.05, 0.1) is 5.69 Å². The van der Waals surface area contributed by atoms with Crippen LogP contribution in [0.5, 0.6) is 0 Å². The molecule has 0 atom stereocenters. The number of likely N-dealkylation sites (tertiary alicyclic amines) is 1. The van der Waals surface area contributed by atoms with E-state index in [1.807, 2.05) is 0 Å². The molecule has 130 valence electrons. The lowest BCUT2D eigenvalue weighted by Gasteiger charge is -2.30. The number of amides is 2. The van der Waals surface area contributed by atoms with Crippen LogP contribution in [-0.4, -0.2) is 44.6 Å². The Morgan fingerprint density at radius 1 is 1.12 bits per heavy atom. The van der Waals surface area contributed by atoms with Gasteiger partial charge < -0.3 is 10.6 Å². The van der Waals surface area contributed by atoms with Gasteiger partial charge in [-0.15, -0.1) is 0 Å². The van der Waals surface area contributed by atoms with Crippen LogP contribution in [0, 0.1) is 5.92 Å². The first-order valence-corrected chi connectivity index (χ1v) is 8.10. The fourth-order valence-corrected chi connectivity index (χ4v) is 2.88. The van der Waals surface area contributed by atoms with Crippen LogP contribution in [0.2, 0.25) is 0 Å². The maximum absolute atomic E-state index is 12.4. The smallest absolute Gasteiger partial charge is 0.267 e. The molecule has 1 fully saturated rings. The fraction of sp³-hybridized carbons (Fsp3) is 0.353. The zero-order valence-electron chi connectivity index (χ0n) is 13.7. The van der Waals surface area contributed by atoms with Gasteiger partial charge in [0.2, 0.25) is 11.8 Å². The number of rotatable bonds is 4. The molecule has 0 aromatic carbocycles. The summed E-state index contributed by atoms with van der Waals surface area (Å²) in [5, 5.41) is 4.28. The lowest BCUT2D eigenvalue weighted by molar-refractivity contribution is -0.135. The van der Waals surface area contributed by atoms with E-state index in [0.717, 1.165) is 10.2 Å². The molecule has 1 saturated heterocycles. The van der Waals surface area contributed by atoms with Crippen LogP contribution in [0.4, 0.5) is 0 Å². The molecule has 8 nitrogen and oxygen atoms in total. The topological polar surface area (TPSA) is 111 Å². The van der Waals surface area contributed by atoms with Gasteiger partial charge >= 0.3 is 0 Å². The summed E-state index contributed by atoms with van der Waals surface area (Å²) in [5.74, 6) is -0.695. The summed E-state index contributed by atoms with van der Waals surface area (Å²) >= 11 is 0. The van der Waals surface area contributed by atoms with Gasteiger partial charge in [-0.25, -0.2) is 4.68 Å². The Hall–Kier alpha value is -3.03. The van der Waals surface area contributed by atoms with Gasteiger partial charge in [0.25, 0.3) is 5.56 Å². The minimum absolute atomic E-state index is 0.126. The zero-order valence-corrected chi connectivity index (χ0v) is 13.7. The summed E-state index contributed by atoms with van der Waals surface area (Å²) in [4.78, 5) is 41.3. The van der Waals surface area contributed by atoms with Gasteiger partial charge in [-0.3, -0.25) is 19.4 Å². The van der Waals surface area contributed by atoms with E-state index in [0.29, 0.717) is 31.6 Å². The Kier molecular flexibility index (Phi) is 4.87. The number of carbonyl (C=O) groups excluding carboxylic acids is 2. The number of hydrogen-bond donors (Lipinski definition) is 1. The molecule has 0 saturated carbocycles. The van der Waals surface area contributed by atoms with Crippen molar-refractivity contribution in [1.82, 2.24) is 19.7 Å². The SMILES string of the molecule is NC(=O)C1CCN(C(=O)Cn2nc(-c3ccncc3)ccc2=O)CC1. The molecule has 0 aliphatic carbocycles. The number of primary amides is 1. The predicted molar refractivity (Wildman–Crippen MR) is 90.2 cm³/mol. The van der Waals surface area contributed by atoms with E-state index < -0.39 is 0 Å². The van der Waals surface area contributed by atoms with E-state index in [4.69, 9.17) is 5.73 Å². The molecular formula is C17H19N5O3. The van der Waals surface area contributed by atoms with Crippen LogP contribution in [0.1, 0.15) is 12.8 Å². The molecular weight excluding hydrogens is 322 g/mol. The van der Waals surface area contributed by atoms with Crippen molar-refractivity contribution in [3.05, 3.63) is 47.0 Å². The Labute approximate surface area is 144 Å². The van der Waals surface area contributed by atoms with Crippen molar-refractivity contribution in [3.63, 3.8) is 0 Å². The molecule has 0 unspecified atom stereocenters. The van der Waals surface area contributed by atoms with E-state index >= 15 is 0 Å². The number of carbonyl (C=O) groups is 2. The van der Waals surface area contributed by atoms with Gasteiger partial charge in [-0.2, -0.15) is 5.10 Å². The third kappa shape index (κ3) is 3.90. The monoisotopic (exact) mass is 341 g/mol. The minimum Gasteiger partial charge on any atom is -0.369 e. The standard InChI is InChI=1S/C17H19N5O3/c18-17(25)13-5-9-21(10-6-13)16(24)11-22-15(23)2-1-14(20-22)12-3-7-19-8-4-12/h1-4,7-8,13H,5-6,9-11H2,(H2,18,25). The third-order valence-electron chi connectivity index (χ3n) is 4.38. The van der Waals surface area contributed by atoms with Crippen LogP contribution < -0.4 is 11.3 Å². The highest BCUT2D eigenvalue weighted by molar-refractivity contribution is 5.78. The first kappa shape index (κ1) is 16.8. The largest absolute Gasteiger partial charge is 0.369 e. The Balaban J connectivity index is 1.71. The van der Waals surface area contributed by atoms with Crippen molar-refractivity contribution in [3.8, 4) is 11.3 Å². The summed E-state index contributed by atoms with van der Waals surface area (Å²) in [6.07, 6.45) is 4.39. The molecule has 0 spiro atoms. The van der Waals surface area contributed by atoms with Crippen molar-refractivity contribution >= 4 is 11.8 Å². The average molecular weight is 341 g/mol. The predicted octanol–water partition coefficient (Wildman–Crippen LogP) is 0.0292. The Morgan fingerprint density at radius 2 is 1.80 bits per heavy atom. The normalized spacial score (nSPS) is 15.1. The van der Waals surface area contributed by atoms with Gasteiger partial charge in [0, 0.05) is 43.0 Å². The van der Waals surface area contributed by atoms with Gasteiger partial charge in [-0.1, -0.05) is 0 Å². The van der Waals surface area contributed by atoms with E-state index in [9.17, 15) is 14.4 Å². The van der Waals surface area contributed by atoms with Crippen LogP contribution >= 0.6 is 0 Å². The summed E-state index contributed by atoms with van der Waals surface area (Å²) < 4.78 is 1.16. The molecule has 3 heterocycles. The molecule has 2 amide bonds. The first-order valence-electron chi connectivity index (χ1n) is 8.10. The van der Waals surface area contributed by atoms with E-state index in [1.165, 1.54) is 6.07 Å². The molecule has 2 aromatic heterocycles. The van der Waals surface area contributed by atoms with Gasteiger partial charge in [0.1, 0.15) is 6.54 Å². The maximum atomic E-state index is 12.4. The number of nitrogens with zero attached hydrogens (tertiary/aromatic N) is 4. The van der Waals surface area contributed by atoms with E-state index in [2.05, 4.69) is 10.1 Å². The van der Waals surface area contributed by atoms with Crippen molar-refractivity contribution < 1.29 is 9.59 Å². The summed E-state index contributed by atoms with van der Waals surface area (Å²) in [6.45, 7) is 0.801. The second-order valence-corrected chi connectivity index (χ2v) is 6.01. The lowest BCUT2D eigenvalue weighted by atomic mass is 9.96. The molecule has 2 N–H and O–H groups in total. The quantitative estimate of drug-likeness (QED) is 0.843. The van der Waals surface area contributed by atoms with Gasteiger partial charge in [-0.05, 0) is 31.0 Å². The Morgan fingerprint density at radius 3 is 2.44 bits per heavy atom. The van der Waals surface area contributed by atoms with Crippen molar-refractivity contribution in [2.24, 2.45) is 11.7 Å². The van der Waals surface area contributed by atoms with Crippen LogP contribution in [0.15, 0.2) is 41.5 Å². The fourth-order valence-electron chi connectivity index (χ4n) is 2.88. The van der Waals surface area contributed by atoms with Crippen molar-refractivity contribution in [2.75, 3.05) is 13.1 Å². The minimum atomic E-state index is -0.335. The third-order valence-corrected chi connectivity index (χ3v) is 4.38. The number of pyridine rings is 1. The molecule has 0 bridgehead atoms. The van der Waals surface area contributed by atoms with Crippen molar-refractivity contribution in [1.29, 1.82) is 0 Å². The highest BCUT2D eigenvalue weighted by Gasteiger charge is 2.26. The maximum Gasteiger partial charge on any atom is 0.267 e. The highest BCUT2D eigenvalue weighted by Crippen LogP contribution is 2.17.